The predicted octanol–water partition coefficient (Wildman–Crippen LogP) is 3.11. The van der Waals surface area contributed by atoms with Crippen molar-refractivity contribution in [1.82, 2.24) is 21.3 Å². The van der Waals surface area contributed by atoms with Crippen LogP contribution >= 0.6 is 0 Å². The molecule has 0 fully saturated rings. The van der Waals surface area contributed by atoms with Crippen LogP contribution in [-0.4, -0.2) is 48.3 Å². The Morgan fingerprint density at radius 3 is 2.16 bits per heavy atom. The standard InChI is InChI=1S/C30H36N4O4/c1-30(2,3)34-27(36)20-25(33-26(35)17-16-21-10-5-4-6-11-21)29(38)32-19-18-31-28(37)24-15-9-13-22-12-7-8-14-23(22)24/h4-15,25H,16-20H2,1-3H3,(H,31,37)(H,32,38)(H,33,35)(H,34,36)/t25-/m0/s1. The molecule has 4 amide bonds. The number of carbonyl (C=O) groups excluding carboxylic acids is 4. The zero-order chi connectivity index (χ0) is 27.5. The van der Waals surface area contributed by atoms with E-state index in [0.717, 1.165) is 16.3 Å². The molecule has 0 aliphatic heterocycles. The number of amides is 4. The van der Waals surface area contributed by atoms with Gasteiger partial charge < -0.3 is 21.3 Å². The van der Waals surface area contributed by atoms with Crippen molar-refractivity contribution in [1.29, 1.82) is 0 Å². The number of hydrogen-bond donors (Lipinski definition) is 4. The first-order valence-corrected chi connectivity index (χ1v) is 12.8. The zero-order valence-corrected chi connectivity index (χ0v) is 22.2. The third-order valence-electron chi connectivity index (χ3n) is 5.78. The zero-order valence-electron chi connectivity index (χ0n) is 22.2. The molecule has 8 nitrogen and oxygen atoms in total. The van der Waals surface area contributed by atoms with Crippen molar-refractivity contribution in [3.8, 4) is 0 Å². The Morgan fingerprint density at radius 1 is 0.763 bits per heavy atom. The second-order valence-electron chi connectivity index (χ2n) is 10.2. The summed E-state index contributed by atoms with van der Waals surface area (Å²) >= 11 is 0. The number of aryl methyl sites for hydroxylation is 1. The minimum atomic E-state index is -1.03. The van der Waals surface area contributed by atoms with E-state index in [0.29, 0.717) is 12.0 Å². The number of nitrogens with one attached hydrogen (secondary N) is 4. The fourth-order valence-corrected chi connectivity index (χ4v) is 4.04. The highest BCUT2D eigenvalue weighted by molar-refractivity contribution is 6.07. The first-order valence-electron chi connectivity index (χ1n) is 12.8. The summed E-state index contributed by atoms with van der Waals surface area (Å²) in [4.78, 5) is 50.8. The van der Waals surface area contributed by atoms with Crippen molar-refractivity contribution >= 4 is 34.4 Å². The summed E-state index contributed by atoms with van der Waals surface area (Å²) in [6.45, 7) is 5.87. The monoisotopic (exact) mass is 516 g/mol. The van der Waals surface area contributed by atoms with Crippen LogP contribution in [0, 0.1) is 0 Å². The molecule has 0 saturated carbocycles. The molecular formula is C30H36N4O4. The molecule has 0 aliphatic carbocycles. The highest BCUT2D eigenvalue weighted by Crippen LogP contribution is 2.18. The molecule has 0 aliphatic rings. The van der Waals surface area contributed by atoms with E-state index in [1.54, 1.807) is 6.07 Å². The molecule has 200 valence electrons. The van der Waals surface area contributed by atoms with Crippen LogP contribution in [0.5, 0.6) is 0 Å². The Labute approximate surface area is 223 Å². The van der Waals surface area contributed by atoms with Gasteiger partial charge in [0.15, 0.2) is 0 Å². The van der Waals surface area contributed by atoms with Crippen molar-refractivity contribution in [2.24, 2.45) is 0 Å². The highest BCUT2D eigenvalue weighted by atomic mass is 16.2. The van der Waals surface area contributed by atoms with E-state index < -0.39 is 17.5 Å². The van der Waals surface area contributed by atoms with Crippen LogP contribution in [0.15, 0.2) is 72.8 Å². The molecule has 0 heterocycles. The highest BCUT2D eigenvalue weighted by Gasteiger charge is 2.25. The maximum atomic E-state index is 12.9. The van der Waals surface area contributed by atoms with E-state index in [4.69, 9.17) is 0 Å². The van der Waals surface area contributed by atoms with Crippen LogP contribution in [0.3, 0.4) is 0 Å². The number of benzene rings is 3. The van der Waals surface area contributed by atoms with Gasteiger partial charge in [0.25, 0.3) is 5.91 Å². The van der Waals surface area contributed by atoms with Crippen LogP contribution in [0.1, 0.15) is 49.5 Å². The van der Waals surface area contributed by atoms with Crippen molar-refractivity contribution in [3.63, 3.8) is 0 Å². The topological polar surface area (TPSA) is 116 Å². The van der Waals surface area contributed by atoms with Crippen LogP contribution in [0.4, 0.5) is 0 Å². The van der Waals surface area contributed by atoms with Gasteiger partial charge in [-0.05, 0) is 49.6 Å². The quantitative estimate of drug-likeness (QED) is 0.293. The molecule has 0 aromatic heterocycles. The minimum absolute atomic E-state index is 0.145. The molecule has 0 bridgehead atoms. The second-order valence-corrected chi connectivity index (χ2v) is 10.2. The summed E-state index contributed by atoms with van der Waals surface area (Å²) in [5.41, 5.74) is 1.09. The lowest BCUT2D eigenvalue weighted by Crippen LogP contribution is -2.51. The van der Waals surface area contributed by atoms with E-state index in [9.17, 15) is 19.2 Å². The van der Waals surface area contributed by atoms with Gasteiger partial charge in [0, 0.05) is 30.6 Å². The summed E-state index contributed by atoms with van der Waals surface area (Å²) < 4.78 is 0. The summed E-state index contributed by atoms with van der Waals surface area (Å²) in [5.74, 6) is -1.39. The second kappa shape index (κ2) is 13.4. The third-order valence-corrected chi connectivity index (χ3v) is 5.78. The van der Waals surface area contributed by atoms with E-state index in [1.807, 2.05) is 87.5 Å². The molecule has 38 heavy (non-hydrogen) atoms. The fraction of sp³-hybridized carbons (Fsp3) is 0.333. The van der Waals surface area contributed by atoms with Crippen molar-refractivity contribution in [2.45, 2.75) is 51.6 Å². The van der Waals surface area contributed by atoms with Crippen molar-refractivity contribution in [3.05, 3.63) is 83.9 Å². The average Bonchev–Trinajstić information content (AvgIpc) is 2.88. The third kappa shape index (κ3) is 9.03. The molecule has 0 spiro atoms. The van der Waals surface area contributed by atoms with Gasteiger partial charge >= 0.3 is 0 Å². The normalized spacial score (nSPS) is 11.9. The molecule has 3 rings (SSSR count). The largest absolute Gasteiger partial charge is 0.353 e. The summed E-state index contributed by atoms with van der Waals surface area (Å²) in [6, 6.07) is 21.7. The number of rotatable bonds is 11. The molecule has 0 unspecified atom stereocenters. The lowest BCUT2D eigenvalue weighted by atomic mass is 10.0. The molecular weight excluding hydrogens is 480 g/mol. The smallest absolute Gasteiger partial charge is 0.251 e. The van der Waals surface area contributed by atoms with Crippen molar-refractivity contribution in [2.75, 3.05) is 13.1 Å². The Morgan fingerprint density at radius 2 is 1.42 bits per heavy atom. The summed E-state index contributed by atoms with van der Waals surface area (Å²) in [7, 11) is 0. The summed E-state index contributed by atoms with van der Waals surface area (Å²) in [6.07, 6.45) is 0.522. The molecule has 3 aromatic carbocycles. The first-order chi connectivity index (χ1) is 18.1. The molecule has 4 N–H and O–H groups in total. The van der Waals surface area contributed by atoms with Gasteiger partial charge in [0.05, 0.1) is 6.42 Å². The SMILES string of the molecule is CC(C)(C)NC(=O)C[C@H](NC(=O)CCc1ccccc1)C(=O)NCCNC(=O)c1cccc2ccccc12. The molecule has 0 radical (unpaired) electrons. The molecule has 8 heteroatoms. The lowest BCUT2D eigenvalue weighted by molar-refractivity contribution is -0.132. The van der Waals surface area contributed by atoms with Gasteiger partial charge in [-0.25, -0.2) is 0 Å². The van der Waals surface area contributed by atoms with Crippen molar-refractivity contribution < 1.29 is 19.2 Å². The van der Waals surface area contributed by atoms with E-state index in [-0.39, 0.29) is 43.7 Å². The summed E-state index contributed by atoms with van der Waals surface area (Å²) in [5, 5.41) is 12.9. The Balaban J connectivity index is 1.54. The van der Waals surface area contributed by atoms with E-state index in [1.165, 1.54) is 0 Å². The van der Waals surface area contributed by atoms with E-state index >= 15 is 0 Å². The Bertz CT molecular complexity index is 1260. The predicted molar refractivity (Wildman–Crippen MR) is 148 cm³/mol. The molecule has 0 saturated heterocycles. The van der Waals surface area contributed by atoms with Crippen LogP contribution < -0.4 is 21.3 Å². The maximum Gasteiger partial charge on any atom is 0.251 e. The van der Waals surface area contributed by atoms with Crippen LogP contribution in [0.2, 0.25) is 0 Å². The maximum absolute atomic E-state index is 12.9. The Hall–Kier alpha value is -4.20. The van der Waals surface area contributed by atoms with E-state index in [2.05, 4.69) is 21.3 Å². The minimum Gasteiger partial charge on any atom is -0.353 e. The van der Waals surface area contributed by atoms with Gasteiger partial charge in [0.2, 0.25) is 17.7 Å². The number of carbonyl (C=O) groups is 4. The molecule has 1 atom stereocenters. The van der Waals surface area contributed by atoms with Crippen LogP contribution in [0.25, 0.3) is 10.8 Å². The number of fused-ring (bicyclic) bond motifs is 1. The average molecular weight is 517 g/mol. The first kappa shape index (κ1) is 28.4. The fourth-order valence-electron chi connectivity index (χ4n) is 4.04. The Kier molecular flexibility index (Phi) is 9.99. The van der Waals surface area contributed by atoms with Gasteiger partial charge in [-0.3, -0.25) is 19.2 Å². The number of hydrogen-bond acceptors (Lipinski definition) is 4. The van der Waals surface area contributed by atoms with Gasteiger partial charge in [-0.15, -0.1) is 0 Å². The van der Waals surface area contributed by atoms with Gasteiger partial charge in [-0.2, -0.15) is 0 Å². The van der Waals surface area contributed by atoms with Gasteiger partial charge in [0.1, 0.15) is 6.04 Å². The van der Waals surface area contributed by atoms with Gasteiger partial charge in [-0.1, -0.05) is 66.7 Å². The lowest BCUT2D eigenvalue weighted by Gasteiger charge is -2.23. The van der Waals surface area contributed by atoms with Crippen LogP contribution in [-0.2, 0) is 20.8 Å². The molecule has 3 aromatic rings.